The Balaban J connectivity index is 1.37. The summed E-state index contributed by atoms with van der Waals surface area (Å²) in [4.78, 5) is 13.2. The highest BCUT2D eigenvalue weighted by molar-refractivity contribution is 7.89. The molecule has 1 N–H and O–H groups in total. The van der Waals surface area contributed by atoms with Gasteiger partial charge in [-0.2, -0.15) is 9.40 Å². The largest absolute Gasteiger partial charge is 0.311 e. The summed E-state index contributed by atoms with van der Waals surface area (Å²) in [7, 11) is -3.55. The molecule has 4 rings (SSSR count). The van der Waals surface area contributed by atoms with Crippen molar-refractivity contribution in [2.45, 2.75) is 38.1 Å². The number of rotatable bonds is 6. The Kier molecular flexibility index (Phi) is 6.43. The van der Waals surface area contributed by atoms with Crippen LogP contribution in [0.15, 0.2) is 65.7 Å². The minimum absolute atomic E-state index is 0.0944. The van der Waals surface area contributed by atoms with Gasteiger partial charge in [0.15, 0.2) is 0 Å². The predicted octanol–water partition coefficient (Wildman–Crippen LogP) is 3.59. The summed E-state index contributed by atoms with van der Waals surface area (Å²) in [6.45, 7) is 5.10. The zero-order valence-electron chi connectivity index (χ0n) is 18.4. The molecular weight excluding hydrogens is 424 g/mol. The van der Waals surface area contributed by atoms with E-state index in [2.05, 4.69) is 10.4 Å². The van der Waals surface area contributed by atoms with Crippen molar-refractivity contribution >= 4 is 21.7 Å². The second-order valence-corrected chi connectivity index (χ2v) is 10.2. The van der Waals surface area contributed by atoms with Gasteiger partial charge in [0.05, 0.1) is 17.6 Å². The van der Waals surface area contributed by atoms with Crippen molar-refractivity contribution in [3.8, 4) is 0 Å². The van der Waals surface area contributed by atoms with E-state index in [1.165, 1.54) is 4.31 Å². The highest BCUT2D eigenvalue weighted by atomic mass is 32.2. The van der Waals surface area contributed by atoms with Crippen LogP contribution in [-0.2, 0) is 21.4 Å². The van der Waals surface area contributed by atoms with Gasteiger partial charge < -0.3 is 5.32 Å². The minimum Gasteiger partial charge on any atom is -0.311 e. The van der Waals surface area contributed by atoms with E-state index < -0.39 is 10.0 Å². The molecule has 32 heavy (non-hydrogen) atoms. The van der Waals surface area contributed by atoms with Crippen LogP contribution >= 0.6 is 0 Å². The molecule has 0 radical (unpaired) electrons. The number of amides is 1. The van der Waals surface area contributed by atoms with E-state index in [1.807, 2.05) is 50.2 Å². The fraction of sp³-hybridized carbons (Fsp3) is 0.333. The number of aromatic nitrogens is 2. The van der Waals surface area contributed by atoms with E-state index in [4.69, 9.17) is 0 Å². The molecule has 168 valence electrons. The zero-order valence-corrected chi connectivity index (χ0v) is 19.2. The highest BCUT2D eigenvalue weighted by Crippen LogP contribution is 2.26. The molecule has 8 heteroatoms. The van der Waals surface area contributed by atoms with Gasteiger partial charge in [0, 0.05) is 25.1 Å². The maximum atomic E-state index is 13.0. The number of carbonyl (C=O) groups excluding carboxylic acids is 1. The molecule has 0 spiro atoms. The standard InChI is InChI=1S/C24H28N4O3S/c1-18-8-9-22(16-19(18)2)32(30,31)27-14-11-21(12-15-27)24(29)26-23-10-13-25-28(23)17-20-6-4-3-5-7-20/h3-10,13,16,21H,11-12,14-15,17H2,1-2H3,(H,26,29). The number of sulfonamides is 1. The molecule has 0 aliphatic carbocycles. The summed E-state index contributed by atoms with van der Waals surface area (Å²) in [5.74, 6) is 0.313. The summed E-state index contributed by atoms with van der Waals surface area (Å²) in [5, 5.41) is 7.29. The lowest BCUT2D eigenvalue weighted by Gasteiger charge is -2.30. The first-order chi connectivity index (χ1) is 15.3. The Bertz CT molecular complexity index is 1200. The average Bonchev–Trinajstić information content (AvgIpc) is 3.22. The topological polar surface area (TPSA) is 84.3 Å². The van der Waals surface area contributed by atoms with Gasteiger partial charge in [0.25, 0.3) is 0 Å². The third kappa shape index (κ3) is 4.76. The summed E-state index contributed by atoms with van der Waals surface area (Å²) in [6.07, 6.45) is 2.64. The molecule has 1 saturated heterocycles. The van der Waals surface area contributed by atoms with Crippen molar-refractivity contribution in [1.82, 2.24) is 14.1 Å². The number of nitrogens with zero attached hydrogens (tertiary/aromatic N) is 3. The molecule has 1 fully saturated rings. The minimum atomic E-state index is -3.55. The third-order valence-electron chi connectivity index (χ3n) is 6.08. The molecule has 0 unspecified atom stereocenters. The second-order valence-electron chi connectivity index (χ2n) is 8.27. The molecular formula is C24H28N4O3S. The quantitative estimate of drug-likeness (QED) is 0.620. The Morgan fingerprint density at radius 2 is 1.75 bits per heavy atom. The molecule has 0 bridgehead atoms. The average molecular weight is 453 g/mol. The van der Waals surface area contributed by atoms with Crippen molar-refractivity contribution in [3.63, 3.8) is 0 Å². The van der Waals surface area contributed by atoms with E-state index in [1.54, 1.807) is 29.1 Å². The lowest BCUT2D eigenvalue weighted by molar-refractivity contribution is -0.121. The first-order valence-electron chi connectivity index (χ1n) is 10.8. The van der Waals surface area contributed by atoms with E-state index in [0.29, 0.717) is 43.2 Å². The SMILES string of the molecule is Cc1ccc(S(=O)(=O)N2CCC(C(=O)Nc3ccnn3Cc3ccccc3)CC2)cc1C. The van der Waals surface area contributed by atoms with Crippen LogP contribution in [-0.4, -0.2) is 41.5 Å². The van der Waals surface area contributed by atoms with Crippen molar-refractivity contribution in [2.75, 3.05) is 18.4 Å². The summed E-state index contributed by atoms with van der Waals surface area (Å²) in [5.41, 5.74) is 3.11. The lowest BCUT2D eigenvalue weighted by atomic mass is 9.97. The van der Waals surface area contributed by atoms with E-state index in [0.717, 1.165) is 16.7 Å². The van der Waals surface area contributed by atoms with E-state index in [9.17, 15) is 13.2 Å². The van der Waals surface area contributed by atoms with Crippen LogP contribution in [0.5, 0.6) is 0 Å². The molecule has 1 aliphatic heterocycles. The second kappa shape index (κ2) is 9.26. The fourth-order valence-corrected chi connectivity index (χ4v) is 5.49. The monoisotopic (exact) mass is 452 g/mol. The molecule has 1 aromatic heterocycles. The normalized spacial score (nSPS) is 15.6. The number of hydrogen-bond acceptors (Lipinski definition) is 4. The van der Waals surface area contributed by atoms with Crippen LogP contribution in [0.4, 0.5) is 5.82 Å². The van der Waals surface area contributed by atoms with Gasteiger partial charge in [-0.3, -0.25) is 4.79 Å². The number of carbonyl (C=O) groups is 1. The molecule has 1 amide bonds. The van der Waals surface area contributed by atoms with Crippen LogP contribution in [0.25, 0.3) is 0 Å². The molecule has 2 aromatic carbocycles. The predicted molar refractivity (Wildman–Crippen MR) is 124 cm³/mol. The van der Waals surface area contributed by atoms with Crippen LogP contribution in [0.3, 0.4) is 0 Å². The van der Waals surface area contributed by atoms with Gasteiger partial charge >= 0.3 is 0 Å². The number of benzene rings is 2. The van der Waals surface area contributed by atoms with Gasteiger partial charge in [-0.05, 0) is 55.5 Å². The van der Waals surface area contributed by atoms with E-state index in [-0.39, 0.29) is 11.8 Å². The maximum Gasteiger partial charge on any atom is 0.243 e. The van der Waals surface area contributed by atoms with Gasteiger partial charge in [-0.25, -0.2) is 13.1 Å². The number of nitrogens with one attached hydrogen (secondary N) is 1. The van der Waals surface area contributed by atoms with Gasteiger partial charge in [0.2, 0.25) is 15.9 Å². The summed E-state index contributed by atoms with van der Waals surface area (Å²) >= 11 is 0. The van der Waals surface area contributed by atoms with Crippen molar-refractivity contribution in [1.29, 1.82) is 0 Å². The fourth-order valence-electron chi connectivity index (χ4n) is 3.93. The Hall–Kier alpha value is -2.97. The lowest BCUT2D eigenvalue weighted by Crippen LogP contribution is -2.41. The zero-order chi connectivity index (χ0) is 22.7. The number of hydrogen-bond donors (Lipinski definition) is 1. The van der Waals surface area contributed by atoms with Gasteiger partial charge in [-0.15, -0.1) is 0 Å². The molecule has 3 aromatic rings. The Labute approximate surface area is 189 Å². The molecule has 2 heterocycles. The van der Waals surface area contributed by atoms with Crippen LogP contribution < -0.4 is 5.32 Å². The van der Waals surface area contributed by atoms with E-state index >= 15 is 0 Å². The van der Waals surface area contributed by atoms with Crippen molar-refractivity contribution < 1.29 is 13.2 Å². The molecule has 0 saturated carbocycles. The Morgan fingerprint density at radius 1 is 1.03 bits per heavy atom. The van der Waals surface area contributed by atoms with Crippen LogP contribution in [0.2, 0.25) is 0 Å². The van der Waals surface area contributed by atoms with Crippen LogP contribution in [0.1, 0.15) is 29.5 Å². The van der Waals surface area contributed by atoms with Crippen LogP contribution in [0, 0.1) is 19.8 Å². The van der Waals surface area contributed by atoms with Gasteiger partial charge in [-0.1, -0.05) is 36.4 Å². The Morgan fingerprint density at radius 3 is 2.44 bits per heavy atom. The summed E-state index contributed by atoms with van der Waals surface area (Å²) < 4.78 is 29.3. The number of piperidine rings is 1. The maximum absolute atomic E-state index is 13.0. The first-order valence-corrected chi connectivity index (χ1v) is 12.2. The molecule has 1 aliphatic rings. The highest BCUT2D eigenvalue weighted by Gasteiger charge is 2.32. The number of anilines is 1. The van der Waals surface area contributed by atoms with Gasteiger partial charge in [0.1, 0.15) is 5.82 Å². The van der Waals surface area contributed by atoms with Crippen molar-refractivity contribution in [2.24, 2.45) is 5.92 Å². The smallest absolute Gasteiger partial charge is 0.243 e. The first kappa shape index (κ1) is 22.2. The summed E-state index contributed by atoms with van der Waals surface area (Å²) in [6, 6.07) is 16.9. The molecule has 0 atom stereocenters. The number of aryl methyl sites for hydroxylation is 2. The molecule has 7 nitrogen and oxygen atoms in total. The van der Waals surface area contributed by atoms with Crippen molar-refractivity contribution in [3.05, 3.63) is 77.5 Å². The third-order valence-corrected chi connectivity index (χ3v) is 7.98.